The summed E-state index contributed by atoms with van der Waals surface area (Å²) in [4.78, 5) is 14.9. The Balaban J connectivity index is 2.18. The van der Waals surface area contributed by atoms with Crippen LogP contribution in [0.2, 0.25) is 0 Å². The van der Waals surface area contributed by atoms with E-state index in [-0.39, 0.29) is 6.54 Å². The van der Waals surface area contributed by atoms with Crippen LogP contribution in [0, 0.1) is 12.7 Å². The number of nitrogens with one attached hydrogen (secondary N) is 1. The van der Waals surface area contributed by atoms with Crippen LogP contribution in [0.5, 0.6) is 0 Å². The lowest BCUT2D eigenvalue weighted by Crippen LogP contribution is -2.25. The summed E-state index contributed by atoms with van der Waals surface area (Å²) in [7, 11) is 0. The van der Waals surface area contributed by atoms with Gasteiger partial charge in [-0.15, -0.1) is 0 Å². The number of hydrogen-bond acceptors (Lipinski definition) is 3. The van der Waals surface area contributed by atoms with Crippen LogP contribution in [0.25, 0.3) is 5.69 Å². The maximum atomic E-state index is 14.0. The third-order valence-corrected chi connectivity index (χ3v) is 2.73. The molecule has 0 fully saturated rings. The normalized spacial score (nSPS) is 10.5. The Morgan fingerprint density at radius 1 is 1.53 bits per heavy atom. The Morgan fingerprint density at radius 2 is 2.32 bits per heavy atom. The molecule has 0 bridgehead atoms. The molecule has 0 aliphatic rings. The van der Waals surface area contributed by atoms with E-state index in [1.807, 2.05) is 0 Å². The first-order valence-electron chi connectivity index (χ1n) is 5.78. The number of aryl methyl sites for hydroxylation is 1. The minimum Gasteiger partial charge on any atom is -0.387 e. The lowest BCUT2D eigenvalue weighted by atomic mass is 10.2. The fraction of sp³-hybridized carbons (Fsp3) is 0.231. The number of halogens is 1. The van der Waals surface area contributed by atoms with Gasteiger partial charge in [-0.25, -0.2) is 9.37 Å². The first-order chi connectivity index (χ1) is 9.11. The van der Waals surface area contributed by atoms with Crippen molar-refractivity contribution in [3.8, 4) is 5.69 Å². The van der Waals surface area contributed by atoms with Crippen molar-refractivity contribution in [2.75, 3.05) is 6.61 Å². The average Bonchev–Trinajstić information content (AvgIpc) is 2.82. The molecule has 0 aliphatic carbocycles. The molecule has 0 aliphatic heterocycles. The molecule has 0 radical (unpaired) electrons. The molecule has 0 atom stereocenters. The van der Waals surface area contributed by atoms with E-state index in [1.165, 1.54) is 6.07 Å². The summed E-state index contributed by atoms with van der Waals surface area (Å²) in [5, 5.41) is 11.0. The minimum atomic E-state index is -0.575. The lowest BCUT2D eigenvalue weighted by molar-refractivity contribution is -0.123. The monoisotopic (exact) mass is 263 g/mol. The summed E-state index contributed by atoms with van der Waals surface area (Å²) in [6.45, 7) is 1.39. The molecule has 19 heavy (non-hydrogen) atoms. The van der Waals surface area contributed by atoms with Gasteiger partial charge >= 0.3 is 0 Å². The first kappa shape index (κ1) is 13.2. The number of hydrogen-bond donors (Lipinski definition) is 2. The Morgan fingerprint density at radius 3 is 2.89 bits per heavy atom. The predicted octanol–water partition coefficient (Wildman–Crippen LogP) is 0.928. The van der Waals surface area contributed by atoms with Crippen molar-refractivity contribution < 1.29 is 14.3 Å². The molecule has 1 aromatic carbocycles. The number of amides is 1. The molecule has 0 unspecified atom stereocenters. The third kappa shape index (κ3) is 2.97. The second kappa shape index (κ2) is 5.62. The van der Waals surface area contributed by atoms with Gasteiger partial charge < -0.3 is 15.0 Å². The molecular formula is C13H14FN3O2. The Labute approximate surface area is 109 Å². The molecule has 1 amide bonds. The van der Waals surface area contributed by atoms with E-state index in [1.54, 1.807) is 36.0 Å². The van der Waals surface area contributed by atoms with Crippen molar-refractivity contribution in [2.45, 2.75) is 13.5 Å². The maximum absolute atomic E-state index is 14.0. The highest BCUT2D eigenvalue weighted by molar-refractivity contribution is 5.76. The molecule has 0 saturated carbocycles. The smallest absolute Gasteiger partial charge is 0.245 e. The van der Waals surface area contributed by atoms with Crippen LogP contribution in [0.3, 0.4) is 0 Å². The summed E-state index contributed by atoms with van der Waals surface area (Å²) in [6, 6.07) is 4.70. The zero-order chi connectivity index (χ0) is 13.8. The number of carbonyl (C=O) groups is 1. The van der Waals surface area contributed by atoms with Crippen LogP contribution in [0.4, 0.5) is 4.39 Å². The second-order valence-electron chi connectivity index (χ2n) is 4.07. The van der Waals surface area contributed by atoms with Crippen LogP contribution >= 0.6 is 0 Å². The van der Waals surface area contributed by atoms with Gasteiger partial charge in [-0.3, -0.25) is 4.79 Å². The number of aliphatic hydroxyl groups is 1. The molecule has 1 heterocycles. The van der Waals surface area contributed by atoms with E-state index >= 15 is 0 Å². The SMILES string of the molecule is Cc1nccn1-c1ccc(CNC(=O)CO)cc1F. The summed E-state index contributed by atoms with van der Waals surface area (Å²) in [5.74, 6) is -0.188. The van der Waals surface area contributed by atoms with E-state index in [4.69, 9.17) is 5.11 Å². The van der Waals surface area contributed by atoms with E-state index in [0.29, 0.717) is 17.1 Å². The highest BCUT2D eigenvalue weighted by Gasteiger charge is 2.08. The summed E-state index contributed by atoms with van der Waals surface area (Å²) >= 11 is 0. The Hall–Kier alpha value is -2.21. The molecule has 2 aromatic rings. The van der Waals surface area contributed by atoms with Gasteiger partial charge in [-0.2, -0.15) is 0 Å². The third-order valence-electron chi connectivity index (χ3n) is 2.73. The molecule has 0 saturated heterocycles. The van der Waals surface area contributed by atoms with E-state index in [0.717, 1.165) is 0 Å². The topological polar surface area (TPSA) is 67.2 Å². The number of carbonyl (C=O) groups excluding carboxylic acids is 1. The summed E-state index contributed by atoms with van der Waals surface area (Å²) < 4.78 is 15.6. The average molecular weight is 263 g/mol. The lowest BCUT2D eigenvalue weighted by Gasteiger charge is -2.09. The number of aromatic nitrogens is 2. The highest BCUT2D eigenvalue weighted by Crippen LogP contribution is 2.16. The number of imidazole rings is 1. The Bertz CT molecular complexity index is 595. The van der Waals surface area contributed by atoms with Crippen LogP contribution in [-0.2, 0) is 11.3 Å². The number of nitrogens with zero attached hydrogens (tertiary/aromatic N) is 2. The molecule has 100 valence electrons. The van der Waals surface area contributed by atoms with Gasteiger partial charge in [-0.1, -0.05) is 6.07 Å². The molecular weight excluding hydrogens is 249 g/mol. The van der Waals surface area contributed by atoms with Crippen molar-refractivity contribution in [1.29, 1.82) is 0 Å². The van der Waals surface area contributed by atoms with Gasteiger partial charge in [0.25, 0.3) is 0 Å². The van der Waals surface area contributed by atoms with Crippen LogP contribution in [-0.4, -0.2) is 27.2 Å². The Kier molecular flexibility index (Phi) is 3.91. The van der Waals surface area contributed by atoms with Crippen molar-refractivity contribution in [2.24, 2.45) is 0 Å². The second-order valence-corrected chi connectivity index (χ2v) is 4.07. The highest BCUT2D eigenvalue weighted by atomic mass is 19.1. The molecule has 2 N–H and O–H groups in total. The van der Waals surface area contributed by atoms with Gasteiger partial charge in [-0.05, 0) is 24.6 Å². The number of aliphatic hydroxyl groups excluding tert-OH is 1. The zero-order valence-corrected chi connectivity index (χ0v) is 10.4. The fourth-order valence-electron chi connectivity index (χ4n) is 1.74. The fourth-order valence-corrected chi connectivity index (χ4v) is 1.74. The standard InChI is InChI=1S/C13H14FN3O2/c1-9-15-4-5-17(9)12-3-2-10(6-11(12)14)7-16-13(19)8-18/h2-6,18H,7-8H2,1H3,(H,16,19). The zero-order valence-electron chi connectivity index (χ0n) is 10.4. The van der Waals surface area contributed by atoms with E-state index < -0.39 is 18.3 Å². The predicted molar refractivity (Wildman–Crippen MR) is 67.2 cm³/mol. The summed E-state index contributed by atoms with van der Waals surface area (Å²) in [5.41, 5.74) is 1.04. The van der Waals surface area contributed by atoms with Gasteiger partial charge in [0.1, 0.15) is 18.2 Å². The van der Waals surface area contributed by atoms with Crippen LogP contribution in [0.1, 0.15) is 11.4 Å². The van der Waals surface area contributed by atoms with Crippen LogP contribution < -0.4 is 5.32 Å². The number of rotatable bonds is 4. The van der Waals surface area contributed by atoms with Crippen molar-refractivity contribution in [1.82, 2.24) is 14.9 Å². The van der Waals surface area contributed by atoms with Gasteiger partial charge in [0, 0.05) is 18.9 Å². The van der Waals surface area contributed by atoms with Crippen molar-refractivity contribution in [3.05, 3.63) is 47.8 Å². The molecule has 2 rings (SSSR count). The van der Waals surface area contributed by atoms with Gasteiger partial charge in [0.15, 0.2) is 0 Å². The van der Waals surface area contributed by atoms with E-state index in [2.05, 4.69) is 10.3 Å². The molecule has 6 heteroatoms. The van der Waals surface area contributed by atoms with Gasteiger partial charge in [0.2, 0.25) is 5.91 Å². The summed E-state index contributed by atoms with van der Waals surface area (Å²) in [6.07, 6.45) is 3.28. The molecule has 1 aromatic heterocycles. The largest absolute Gasteiger partial charge is 0.387 e. The minimum absolute atomic E-state index is 0.180. The maximum Gasteiger partial charge on any atom is 0.245 e. The van der Waals surface area contributed by atoms with Gasteiger partial charge in [0.05, 0.1) is 5.69 Å². The molecule has 0 spiro atoms. The van der Waals surface area contributed by atoms with Crippen molar-refractivity contribution in [3.63, 3.8) is 0 Å². The van der Waals surface area contributed by atoms with Crippen molar-refractivity contribution >= 4 is 5.91 Å². The quantitative estimate of drug-likeness (QED) is 0.862. The first-order valence-corrected chi connectivity index (χ1v) is 5.78. The number of benzene rings is 1. The van der Waals surface area contributed by atoms with Crippen LogP contribution in [0.15, 0.2) is 30.6 Å². The van der Waals surface area contributed by atoms with E-state index in [9.17, 15) is 9.18 Å². The molecule has 5 nitrogen and oxygen atoms in total.